The van der Waals surface area contributed by atoms with Gasteiger partial charge in [0.1, 0.15) is 0 Å². The molecule has 0 aliphatic heterocycles. The topological polar surface area (TPSA) is 0 Å². The van der Waals surface area contributed by atoms with Gasteiger partial charge >= 0.3 is 0 Å². The van der Waals surface area contributed by atoms with Gasteiger partial charge in [-0.2, -0.15) is 0 Å². The summed E-state index contributed by atoms with van der Waals surface area (Å²) in [4.78, 5) is 0. The van der Waals surface area contributed by atoms with Crippen molar-refractivity contribution in [1.82, 2.24) is 0 Å². The Labute approximate surface area is 54.0 Å². The van der Waals surface area contributed by atoms with Crippen molar-refractivity contribution in [1.29, 1.82) is 0 Å². The molecule has 0 amide bonds. The van der Waals surface area contributed by atoms with Crippen LogP contribution in [-0.4, -0.2) is 10.2 Å². The van der Waals surface area contributed by atoms with Gasteiger partial charge in [-0.05, 0) is 0 Å². The Morgan fingerprint density at radius 3 is 1.75 bits per heavy atom. The van der Waals surface area contributed by atoms with Gasteiger partial charge in [0.15, 0.2) is 0 Å². The van der Waals surface area contributed by atoms with Gasteiger partial charge < -0.3 is 0 Å². The van der Waals surface area contributed by atoms with Crippen LogP contribution in [0.2, 0.25) is 0 Å². The first-order valence-corrected chi connectivity index (χ1v) is 3.41. The molecule has 0 aliphatic rings. The van der Waals surface area contributed by atoms with Gasteiger partial charge in [0, 0.05) is 10.2 Å². The van der Waals surface area contributed by atoms with Crippen LogP contribution < -0.4 is 5.19 Å². The molecule has 0 aromatic heterocycles. The van der Waals surface area contributed by atoms with Gasteiger partial charge in [-0.1, -0.05) is 42.9 Å². The molecule has 1 aromatic rings. The molecule has 0 saturated carbocycles. The van der Waals surface area contributed by atoms with Crippen LogP contribution in [0.3, 0.4) is 0 Å². The normalized spacial score (nSPS) is 8.00. The van der Waals surface area contributed by atoms with E-state index in [0.29, 0.717) is 0 Å². The van der Waals surface area contributed by atoms with Crippen LogP contribution in [0.15, 0.2) is 30.3 Å². The number of rotatable bonds is 0. The Kier molecular flexibility index (Phi) is 3.20. The van der Waals surface area contributed by atoms with Crippen LogP contribution >= 0.6 is 0 Å². The number of benzene rings is 1. The van der Waals surface area contributed by atoms with Crippen LogP contribution in [0.25, 0.3) is 0 Å². The molecule has 0 radical (unpaired) electrons. The van der Waals surface area contributed by atoms with Crippen LogP contribution in [0.1, 0.15) is 7.43 Å². The molecule has 0 spiro atoms. The second-order valence-corrected chi connectivity index (χ2v) is 2.81. The molecular formula is C7H12Si. The highest BCUT2D eigenvalue weighted by Crippen LogP contribution is 1.76. The van der Waals surface area contributed by atoms with Gasteiger partial charge in [-0.3, -0.25) is 0 Å². The summed E-state index contributed by atoms with van der Waals surface area (Å²) in [5.41, 5.74) is 0. The maximum absolute atomic E-state index is 2.15. The minimum atomic E-state index is 0. The monoisotopic (exact) mass is 124 g/mol. The molecule has 1 heteroatoms. The molecule has 44 valence electrons. The highest BCUT2D eigenvalue weighted by molar-refractivity contribution is 6.32. The maximum Gasteiger partial charge on any atom is 0.0384 e. The van der Waals surface area contributed by atoms with E-state index < -0.39 is 0 Å². The quantitative estimate of drug-likeness (QED) is 0.437. The van der Waals surface area contributed by atoms with Gasteiger partial charge in [-0.15, -0.1) is 0 Å². The van der Waals surface area contributed by atoms with E-state index in [0.717, 1.165) is 0 Å². The molecule has 1 rings (SSSR count). The van der Waals surface area contributed by atoms with Crippen molar-refractivity contribution in [2.24, 2.45) is 0 Å². The predicted octanol–water partition coefficient (Wildman–Crippen LogP) is 0.313. The summed E-state index contributed by atoms with van der Waals surface area (Å²) in [6.45, 7) is 0. The first kappa shape index (κ1) is 7.44. The molecule has 8 heavy (non-hydrogen) atoms. The SMILES string of the molecule is C.[SiH3]c1ccccc1. The van der Waals surface area contributed by atoms with Crippen molar-refractivity contribution in [3.63, 3.8) is 0 Å². The van der Waals surface area contributed by atoms with Crippen molar-refractivity contribution in [2.75, 3.05) is 0 Å². The van der Waals surface area contributed by atoms with E-state index >= 15 is 0 Å². The van der Waals surface area contributed by atoms with Crippen molar-refractivity contribution < 1.29 is 0 Å². The Morgan fingerprint density at radius 1 is 1.00 bits per heavy atom. The smallest absolute Gasteiger partial charge is 0.0384 e. The molecule has 0 saturated heterocycles. The molecule has 0 aliphatic carbocycles. The fourth-order valence-corrected chi connectivity index (χ4v) is 0.919. The lowest BCUT2D eigenvalue weighted by molar-refractivity contribution is 1.78. The maximum atomic E-state index is 2.15. The van der Waals surface area contributed by atoms with Crippen LogP contribution in [0, 0.1) is 0 Å². The molecule has 0 fully saturated rings. The fourth-order valence-electron chi connectivity index (χ4n) is 0.534. The zero-order valence-electron chi connectivity index (χ0n) is 4.39. The largest absolute Gasteiger partial charge is 0.0776 e. The van der Waals surface area contributed by atoms with E-state index in [1.54, 1.807) is 0 Å². The Morgan fingerprint density at radius 2 is 1.50 bits per heavy atom. The standard InChI is InChI=1S/C6H8Si.CH4/c7-6-4-2-1-3-5-6;/h1-5H,7H3;1H4. The van der Waals surface area contributed by atoms with E-state index in [1.807, 2.05) is 6.07 Å². The predicted molar refractivity (Wildman–Crippen MR) is 42.7 cm³/mol. The van der Waals surface area contributed by atoms with Gasteiger partial charge in [0.05, 0.1) is 0 Å². The lowest BCUT2D eigenvalue weighted by Gasteiger charge is -1.82. The molecule has 0 bridgehead atoms. The van der Waals surface area contributed by atoms with Crippen molar-refractivity contribution in [3.05, 3.63) is 30.3 Å². The van der Waals surface area contributed by atoms with Crippen LogP contribution in [0.5, 0.6) is 0 Å². The highest BCUT2D eigenvalue weighted by Gasteiger charge is 1.72. The first-order chi connectivity index (χ1) is 3.39. The Bertz CT molecular complexity index is 134. The molecular weight excluding hydrogens is 112 g/mol. The lowest BCUT2D eigenvalue weighted by atomic mass is 10.4. The summed E-state index contributed by atoms with van der Waals surface area (Å²) in [5, 5.41) is 1.46. The number of hydrogen-bond acceptors (Lipinski definition) is 0. The summed E-state index contributed by atoms with van der Waals surface area (Å²) in [6.07, 6.45) is 0. The van der Waals surface area contributed by atoms with Gasteiger partial charge in [-0.25, -0.2) is 0 Å². The lowest BCUT2D eigenvalue weighted by Crippen LogP contribution is -1.97. The Balaban J connectivity index is 0.000000490. The average Bonchev–Trinajstić information content (AvgIpc) is 1.69. The van der Waals surface area contributed by atoms with Crippen LogP contribution in [-0.2, 0) is 0 Å². The van der Waals surface area contributed by atoms with E-state index in [9.17, 15) is 0 Å². The molecule has 0 nitrogen and oxygen atoms in total. The molecule has 1 aromatic carbocycles. The van der Waals surface area contributed by atoms with Gasteiger partial charge in [0.2, 0.25) is 0 Å². The molecule has 0 atom stereocenters. The van der Waals surface area contributed by atoms with Crippen molar-refractivity contribution in [3.8, 4) is 0 Å². The highest BCUT2D eigenvalue weighted by atomic mass is 28.1. The third-order valence-corrected chi connectivity index (χ3v) is 1.61. The summed E-state index contributed by atoms with van der Waals surface area (Å²) < 4.78 is 0. The molecule has 0 N–H and O–H groups in total. The summed E-state index contributed by atoms with van der Waals surface area (Å²) in [7, 11) is 1.17. The van der Waals surface area contributed by atoms with E-state index in [2.05, 4.69) is 24.3 Å². The first-order valence-electron chi connectivity index (χ1n) is 2.41. The minimum Gasteiger partial charge on any atom is -0.0776 e. The van der Waals surface area contributed by atoms with Crippen molar-refractivity contribution in [2.45, 2.75) is 7.43 Å². The molecule has 0 heterocycles. The van der Waals surface area contributed by atoms with Gasteiger partial charge in [0.25, 0.3) is 0 Å². The Hall–Kier alpha value is -0.563. The third-order valence-electron chi connectivity index (χ3n) is 0.940. The summed E-state index contributed by atoms with van der Waals surface area (Å²) >= 11 is 0. The fraction of sp³-hybridized carbons (Fsp3) is 0.143. The van der Waals surface area contributed by atoms with E-state index in [-0.39, 0.29) is 7.43 Å². The zero-order valence-corrected chi connectivity index (χ0v) is 6.39. The minimum absolute atomic E-state index is 0. The summed E-state index contributed by atoms with van der Waals surface area (Å²) in [5.74, 6) is 0. The van der Waals surface area contributed by atoms with E-state index in [1.165, 1.54) is 15.4 Å². The average molecular weight is 124 g/mol. The van der Waals surface area contributed by atoms with E-state index in [4.69, 9.17) is 0 Å². The number of hydrogen-bond donors (Lipinski definition) is 0. The van der Waals surface area contributed by atoms with Crippen molar-refractivity contribution >= 4 is 15.4 Å². The second kappa shape index (κ2) is 3.44. The summed E-state index contributed by atoms with van der Waals surface area (Å²) in [6, 6.07) is 10.5. The molecule has 0 unspecified atom stereocenters. The third kappa shape index (κ3) is 1.94. The zero-order chi connectivity index (χ0) is 5.11. The van der Waals surface area contributed by atoms with Crippen LogP contribution in [0.4, 0.5) is 0 Å². The second-order valence-electron chi connectivity index (χ2n) is 1.65.